The van der Waals surface area contributed by atoms with Crippen LogP contribution in [0.5, 0.6) is 0 Å². The van der Waals surface area contributed by atoms with E-state index in [1.165, 1.54) is 4.90 Å². The zero-order valence-electron chi connectivity index (χ0n) is 13.8. The third-order valence-corrected chi connectivity index (χ3v) is 3.10. The minimum Gasteiger partial charge on any atom is -0.480 e. The van der Waals surface area contributed by atoms with E-state index in [4.69, 9.17) is 9.84 Å². The number of rotatable bonds is 6. The Bertz CT molecular complexity index is 499. The van der Waals surface area contributed by atoms with Gasteiger partial charge in [-0.25, -0.2) is 9.59 Å². The van der Waals surface area contributed by atoms with Crippen LogP contribution in [-0.2, 0) is 14.3 Å². The van der Waals surface area contributed by atoms with Crippen LogP contribution >= 0.6 is 0 Å². The van der Waals surface area contributed by atoms with Crippen molar-refractivity contribution < 1.29 is 29.0 Å². The zero-order chi connectivity index (χ0) is 17.8. The van der Waals surface area contributed by atoms with Crippen molar-refractivity contribution in [2.75, 3.05) is 19.6 Å². The van der Waals surface area contributed by atoms with E-state index < -0.39 is 42.2 Å². The van der Waals surface area contributed by atoms with Crippen LogP contribution in [-0.4, -0.2) is 70.2 Å². The fraction of sp³-hybridized carbons (Fsp3) is 0.714. The number of carbonyl (C=O) groups is 4. The maximum Gasteiger partial charge on any atom is 0.407 e. The monoisotopic (exact) mass is 329 g/mol. The van der Waals surface area contributed by atoms with Gasteiger partial charge in [0.25, 0.3) is 5.91 Å². The third-order valence-electron chi connectivity index (χ3n) is 3.10. The van der Waals surface area contributed by atoms with Gasteiger partial charge in [0.1, 0.15) is 18.2 Å². The van der Waals surface area contributed by atoms with Gasteiger partial charge < -0.3 is 20.1 Å². The Morgan fingerprint density at radius 3 is 2.43 bits per heavy atom. The Morgan fingerprint density at radius 2 is 1.91 bits per heavy atom. The fourth-order valence-corrected chi connectivity index (χ4v) is 2.10. The van der Waals surface area contributed by atoms with Crippen molar-refractivity contribution in [1.29, 1.82) is 0 Å². The maximum absolute atomic E-state index is 12.0. The van der Waals surface area contributed by atoms with Crippen molar-refractivity contribution in [2.45, 2.75) is 45.8 Å². The first-order valence-electron chi connectivity index (χ1n) is 7.33. The summed E-state index contributed by atoms with van der Waals surface area (Å²) in [6.45, 7) is 6.66. The van der Waals surface area contributed by atoms with Crippen molar-refractivity contribution in [3.05, 3.63) is 0 Å². The Balaban J connectivity index is 2.43. The first-order chi connectivity index (χ1) is 10.5. The molecule has 0 spiro atoms. The van der Waals surface area contributed by atoms with E-state index in [0.717, 1.165) is 0 Å². The SMILES string of the molecule is C[C@@H]1C(=O)N(CC(=O)O)C(=O)N1CCCNC(=O)OC(C)(C)C. The molecule has 0 aromatic carbocycles. The predicted octanol–water partition coefficient (Wildman–Crippen LogP) is 0.639. The molecule has 1 saturated heterocycles. The number of carboxylic acids is 1. The van der Waals surface area contributed by atoms with Gasteiger partial charge in [-0.2, -0.15) is 0 Å². The average molecular weight is 329 g/mol. The molecule has 0 bridgehead atoms. The lowest BCUT2D eigenvalue weighted by Gasteiger charge is -2.21. The highest BCUT2D eigenvalue weighted by atomic mass is 16.6. The number of hydrogen-bond acceptors (Lipinski definition) is 5. The molecule has 1 fully saturated rings. The third kappa shape index (κ3) is 5.42. The van der Waals surface area contributed by atoms with E-state index in [-0.39, 0.29) is 13.1 Å². The molecular weight excluding hydrogens is 306 g/mol. The topological polar surface area (TPSA) is 116 Å². The van der Waals surface area contributed by atoms with Gasteiger partial charge in [0, 0.05) is 13.1 Å². The number of ether oxygens (including phenoxy) is 1. The second-order valence-corrected chi connectivity index (χ2v) is 6.25. The van der Waals surface area contributed by atoms with Gasteiger partial charge in [-0.3, -0.25) is 14.5 Å². The van der Waals surface area contributed by atoms with E-state index >= 15 is 0 Å². The lowest BCUT2D eigenvalue weighted by Crippen LogP contribution is -2.38. The minimum atomic E-state index is -1.24. The number of carbonyl (C=O) groups excluding carboxylic acids is 3. The Kier molecular flexibility index (Phi) is 5.94. The summed E-state index contributed by atoms with van der Waals surface area (Å²) in [6, 6.07) is -1.33. The summed E-state index contributed by atoms with van der Waals surface area (Å²) < 4.78 is 5.07. The lowest BCUT2D eigenvalue weighted by molar-refractivity contribution is -0.141. The smallest absolute Gasteiger partial charge is 0.407 e. The molecule has 1 heterocycles. The summed E-state index contributed by atoms with van der Waals surface area (Å²) in [5.74, 6) is -1.77. The number of amides is 4. The molecule has 9 nitrogen and oxygen atoms in total. The Morgan fingerprint density at radius 1 is 1.30 bits per heavy atom. The standard InChI is InChI=1S/C14H23N3O6/c1-9-11(20)17(8-10(18)19)13(22)16(9)7-5-6-15-12(21)23-14(2,3)4/h9H,5-8H2,1-4H3,(H,15,21)(H,18,19)/t9-/m1/s1. The molecule has 0 saturated carbocycles. The number of aliphatic carboxylic acids is 1. The highest BCUT2D eigenvalue weighted by Gasteiger charge is 2.42. The number of urea groups is 1. The first kappa shape index (κ1) is 18.7. The molecular formula is C14H23N3O6. The summed E-state index contributed by atoms with van der Waals surface area (Å²) in [7, 11) is 0. The molecule has 0 radical (unpaired) electrons. The molecule has 1 aliphatic heterocycles. The summed E-state index contributed by atoms with van der Waals surface area (Å²) in [4.78, 5) is 48.1. The van der Waals surface area contributed by atoms with Crippen LogP contribution in [0.1, 0.15) is 34.1 Å². The van der Waals surface area contributed by atoms with Crippen LogP contribution in [0, 0.1) is 0 Å². The summed E-state index contributed by atoms with van der Waals surface area (Å²) in [5, 5.41) is 11.3. The zero-order valence-corrected chi connectivity index (χ0v) is 13.8. The van der Waals surface area contributed by atoms with E-state index in [2.05, 4.69) is 5.32 Å². The number of imide groups is 1. The number of hydrogen-bond donors (Lipinski definition) is 2. The Hall–Kier alpha value is -2.32. The summed E-state index contributed by atoms with van der Waals surface area (Å²) >= 11 is 0. The predicted molar refractivity (Wildman–Crippen MR) is 79.8 cm³/mol. The van der Waals surface area contributed by atoms with Gasteiger partial charge in [0.2, 0.25) is 0 Å². The number of alkyl carbamates (subject to hydrolysis) is 1. The van der Waals surface area contributed by atoms with E-state index in [1.807, 2.05) is 0 Å². The van der Waals surface area contributed by atoms with Crippen molar-refractivity contribution in [3.63, 3.8) is 0 Å². The quantitative estimate of drug-likeness (QED) is 0.545. The van der Waals surface area contributed by atoms with Crippen LogP contribution < -0.4 is 5.32 Å². The van der Waals surface area contributed by atoms with Gasteiger partial charge in [-0.15, -0.1) is 0 Å². The highest BCUT2D eigenvalue weighted by Crippen LogP contribution is 2.17. The lowest BCUT2D eigenvalue weighted by atomic mass is 10.2. The van der Waals surface area contributed by atoms with Crippen molar-refractivity contribution in [1.82, 2.24) is 15.1 Å². The fourth-order valence-electron chi connectivity index (χ4n) is 2.10. The van der Waals surface area contributed by atoms with Crippen LogP contribution in [0.25, 0.3) is 0 Å². The van der Waals surface area contributed by atoms with E-state index in [1.54, 1.807) is 27.7 Å². The van der Waals surface area contributed by atoms with Gasteiger partial charge in [-0.05, 0) is 34.1 Å². The number of nitrogens with one attached hydrogen (secondary N) is 1. The van der Waals surface area contributed by atoms with Crippen LogP contribution in [0.2, 0.25) is 0 Å². The van der Waals surface area contributed by atoms with Crippen molar-refractivity contribution in [3.8, 4) is 0 Å². The van der Waals surface area contributed by atoms with E-state index in [0.29, 0.717) is 11.3 Å². The first-order valence-corrected chi connectivity index (χ1v) is 7.33. The normalized spacial score (nSPS) is 18.3. The molecule has 4 amide bonds. The van der Waals surface area contributed by atoms with E-state index in [9.17, 15) is 19.2 Å². The molecule has 1 rings (SSSR count). The largest absolute Gasteiger partial charge is 0.480 e. The molecule has 1 aliphatic rings. The average Bonchev–Trinajstić information content (AvgIpc) is 2.58. The summed E-state index contributed by atoms with van der Waals surface area (Å²) in [6.07, 6.45) is -0.134. The van der Waals surface area contributed by atoms with Gasteiger partial charge >= 0.3 is 18.1 Å². The van der Waals surface area contributed by atoms with Crippen LogP contribution in [0.4, 0.5) is 9.59 Å². The molecule has 1 atom stereocenters. The summed E-state index contributed by atoms with van der Waals surface area (Å²) in [5.41, 5.74) is -0.590. The van der Waals surface area contributed by atoms with Gasteiger partial charge in [0.15, 0.2) is 0 Å². The second-order valence-electron chi connectivity index (χ2n) is 6.25. The van der Waals surface area contributed by atoms with Crippen LogP contribution in [0.3, 0.4) is 0 Å². The maximum atomic E-state index is 12.0. The molecule has 0 unspecified atom stereocenters. The number of carboxylic acid groups (broad SMARTS) is 1. The van der Waals surface area contributed by atoms with Crippen molar-refractivity contribution in [2.24, 2.45) is 0 Å². The van der Waals surface area contributed by atoms with Crippen LogP contribution in [0.15, 0.2) is 0 Å². The second kappa shape index (κ2) is 7.30. The minimum absolute atomic E-state index is 0.234. The molecule has 0 aromatic rings. The van der Waals surface area contributed by atoms with Gasteiger partial charge in [-0.1, -0.05) is 0 Å². The molecule has 130 valence electrons. The molecule has 23 heavy (non-hydrogen) atoms. The number of nitrogens with zero attached hydrogens (tertiary/aromatic N) is 2. The molecule has 9 heteroatoms. The Labute approximate surface area is 134 Å². The van der Waals surface area contributed by atoms with Gasteiger partial charge in [0.05, 0.1) is 0 Å². The molecule has 2 N–H and O–H groups in total. The molecule has 0 aromatic heterocycles. The highest BCUT2D eigenvalue weighted by molar-refractivity contribution is 6.05. The van der Waals surface area contributed by atoms with Crippen molar-refractivity contribution >= 4 is 24.0 Å². The molecule has 0 aliphatic carbocycles.